The lowest BCUT2D eigenvalue weighted by Gasteiger charge is -2.31. The lowest BCUT2D eigenvalue weighted by atomic mass is 9.78. The Labute approximate surface area is 308 Å². The van der Waals surface area contributed by atoms with Gasteiger partial charge in [0.15, 0.2) is 11.5 Å². The van der Waals surface area contributed by atoms with Gasteiger partial charge in [-0.05, 0) is 97.4 Å². The summed E-state index contributed by atoms with van der Waals surface area (Å²) < 4.78 is 6.35. The molecule has 0 bridgehead atoms. The molecule has 1 aromatic heterocycles. The second kappa shape index (κ2) is 17.9. The number of aliphatic hydroxyl groups is 3. The Kier molecular flexibility index (Phi) is 12.8. The number of hydrogen-bond donors (Lipinski definition) is 7. The minimum absolute atomic E-state index is 0.0140. The molecule has 2 aliphatic carbocycles. The van der Waals surface area contributed by atoms with Crippen LogP contribution in [0.15, 0.2) is 103 Å². The van der Waals surface area contributed by atoms with Crippen LogP contribution in [0, 0.1) is 41.4 Å². The molecule has 1 aliphatic heterocycles. The molecule has 2 aromatic carbocycles. The highest BCUT2D eigenvalue weighted by Crippen LogP contribution is 2.39. The lowest BCUT2D eigenvalue weighted by Crippen LogP contribution is -2.37. The number of H-pyrrole nitrogens is 1. The SMILES string of the molecule is CC(Cc1ccccc1)C1C#CC2C=CC(c3ccc(O)c(OC(CO)CC(Cc4ccc[nH]4)C4=CCNC(N)=C4)c3)CC(O)C2C(O)CCCC1. The number of nitrogens with two attached hydrogens (primary N) is 1. The smallest absolute Gasteiger partial charge is 0.161 e. The molecular formula is C44H55N3O5. The zero-order chi connectivity index (χ0) is 36.5. The summed E-state index contributed by atoms with van der Waals surface area (Å²) in [6.07, 6.45) is 14.2. The van der Waals surface area contributed by atoms with E-state index in [-0.39, 0.29) is 41.8 Å². The van der Waals surface area contributed by atoms with Gasteiger partial charge in [0, 0.05) is 42.1 Å². The van der Waals surface area contributed by atoms with Crippen LogP contribution in [0.3, 0.4) is 0 Å². The fourth-order valence-corrected chi connectivity index (χ4v) is 8.22. The van der Waals surface area contributed by atoms with E-state index in [1.165, 1.54) is 5.56 Å². The number of aromatic amines is 1. The molecule has 6 rings (SSSR count). The highest BCUT2D eigenvalue weighted by atomic mass is 16.5. The normalized spacial score (nSPS) is 26.5. The molecule has 0 spiro atoms. The van der Waals surface area contributed by atoms with Gasteiger partial charge >= 0.3 is 0 Å². The van der Waals surface area contributed by atoms with E-state index in [1.807, 2.05) is 42.6 Å². The Morgan fingerprint density at radius 3 is 2.56 bits per heavy atom. The van der Waals surface area contributed by atoms with Gasteiger partial charge in [0.25, 0.3) is 0 Å². The number of allylic oxidation sites excluding steroid dienone is 4. The summed E-state index contributed by atoms with van der Waals surface area (Å²) in [6, 6.07) is 19.8. The number of aromatic hydroxyl groups is 1. The minimum atomic E-state index is -0.773. The molecular weight excluding hydrogens is 651 g/mol. The van der Waals surface area contributed by atoms with Crippen LogP contribution in [-0.2, 0) is 12.8 Å². The number of phenolic OH excluding ortho intramolecular Hbond substituents is 1. The van der Waals surface area contributed by atoms with Crippen molar-refractivity contribution in [3.05, 3.63) is 119 Å². The van der Waals surface area contributed by atoms with Crippen molar-refractivity contribution in [2.24, 2.45) is 35.3 Å². The second-order valence-electron chi connectivity index (χ2n) is 15.0. The van der Waals surface area contributed by atoms with Gasteiger partial charge in [-0.1, -0.05) is 86.2 Å². The summed E-state index contributed by atoms with van der Waals surface area (Å²) in [5.74, 6) is 7.79. The van der Waals surface area contributed by atoms with Gasteiger partial charge in [-0.15, -0.1) is 0 Å². The van der Waals surface area contributed by atoms with Crippen LogP contribution >= 0.6 is 0 Å². The topological polar surface area (TPSA) is 144 Å². The molecule has 8 heteroatoms. The number of ether oxygens (including phenoxy) is 1. The first-order valence-corrected chi connectivity index (χ1v) is 19.0. The maximum atomic E-state index is 11.7. The van der Waals surface area contributed by atoms with Crippen LogP contribution in [0.2, 0.25) is 0 Å². The molecule has 9 atom stereocenters. The third-order valence-electron chi connectivity index (χ3n) is 11.2. The molecule has 276 valence electrons. The van der Waals surface area contributed by atoms with Gasteiger partial charge in [-0.2, -0.15) is 0 Å². The Bertz CT molecular complexity index is 1740. The summed E-state index contributed by atoms with van der Waals surface area (Å²) in [4.78, 5) is 3.28. The van der Waals surface area contributed by atoms with Crippen molar-refractivity contribution in [3.8, 4) is 23.3 Å². The zero-order valence-corrected chi connectivity index (χ0v) is 30.2. The number of phenols is 1. The predicted molar refractivity (Wildman–Crippen MR) is 205 cm³/mol. The van der Waals surface area contributed by atoms with Gasteiger partial charge in [0.2, 0.25) is 0 Å². The zero-order valence-electron chi connectivity index (χ0n) is 30.2. The molecule has 0 amide bonds. The first kappa shape index (κ1) is 37.3. The van der Waals surface area contributed by atoms with Crippen molar-refractivity contribution in [1.29, 1.82) is 0 Å². The summed E-state index contributed by atoms with van der Waals surface area (Å²) in [6.45, 7) is 2.68. The minimum Gasteiger partial charge on any atom is -0.504 e. The summed E-state index contributed by atoms with van der Waals surface area (Å²) in [7, 11) is 0. The molecule has 3 aromatic rings. The fourth-order valence-electron chi connectivity index (χ4n) is 8.22. The Morgan fingerprint density at radius 2 is 1.79 bits per heavy atom. The maximum Gasteiger partial charge on any atom is 0.161 e. The van der Waals surface area contributed by atoms with Crippen LogP contribution in [0.5, 0.6) is 11.5 Å². The van der Waals surface area contributed by atoms with E-state index in [0.29, 0.717) is 44.0 Å². The standard InChI is InChI=1S/C44H55N3O5/c1-29(22-30-8-3-2-4-9-30)31-10-5-6-12-40(50)44-32(14-13-31)15-16-33(25-41(44)51)34-17-18-39(49)42(26-34)52-38(28-48)24-36(23-37-11-7-20-46-37)35-19-21-47-43(45)27-35/h2-4,7-9,11,15-20,26-27,29,31-33,36,38,40-41,44,46-51H,5-6,10,12,21-25,28,45H2,1H3. The summed E-state index contributed by atoms with van der Waals surface area (Å²) in [5.41, 5.74) is 10.4. The molecule has 0 saturated heterocycles. The molecule has 9 unspecified atom stereocenters. The Hall–Kier alpha value is -4.42. The van der Waals surface area contributed by atoms with Gasteiger partial charge in [0.1, 0.15) is 6.10 Å². The number of rotatable bonds is 12. The van der Waals surface area contributed by atoms with Crippen LogP contribution in [0.25, 0.3) is 0 Å². The van der Waals surface area contributed by atoms with E-state index in [1.54, 1.807) is 6.07 Å². The van der Waals surface area contributed by atoms with Crippen LogP contribution in [0.4, 0.5) is 0 Å². The first-order valence-electron chi connectivity index (χ1n) is 19.0. The monoisotopic (exact) mass is 705 g/mol. The quantitative estimate of drug-likeness (QED) is 0.0891. The molecule has 8 N–H and O–H groups in total. The average molecular weight is 706 g/mol. The van der Waals surface area contributed by atoms with Crippen molar-refractivity contribution in [3.63, 3.8) is 0 Å². The predicted octanol–water partition coefficient (Wildman–Crippen LogP) is 6.11. The van der Waals surface area contributed by atoms with Gasteiger partial charge in [-0.25, -0.2) is 0 Å². The van der Waals surface area contributed by atoms with E-state index in [2.05, 4.69) is 71.6 Å². The number of dihydropyridines is 1. The highest BCUT2D eigenvalue weighted by Gasteiger charge is 2.36. The number of hydrogen-bond acceptors (Lipinski definition) is 7. The molecule has 0 fully saturated rings. The van der Waals surface area contributed by atoms with Crippen molar-refractivity contribution in [2.45, 2.75) is 82.5 Å². The number of aliphatic hydroxyl groups excluding tert-OH is 3. The van der Waals surface area contributed by atoms with Crippen molar-refractivity contribution < 1.29 is 25.2 Å². The third-order valence-corrected chi connectivity index (χ3v) is 11.2. The van der Waals surface area contributed by atoms with Crippen molar-refractivity contribution in [2.75, 3.05) is 13.2 Å². The molecule has 0 radical (unpaired) electrons. The maximum absolute atomic E-state index is 11.7. The number of nitrogens with one attached hydrogen (secondary N) is 2. The fraction of sp³-hybridized carbons (Fsp3) is 0.455. The van der Waals surface area contributed by atoms with Crippen LogP contribution in [0.1, 0.15) is 68.2 Å². The molecule has 8 nitrogen and oxygen atoms in total. The summed E-state index contributed by atoms with van der Waals surface area (Å²) in [5, 5.41) is 47.6. The van der Waals surface area contributed by atoms with Crippen molar-refractivity contribution in [1.82, 2.24) is 10.3 Å². The van der Waals surface area contributed by atoms with Crippen LogP contribution < -0.4 is 15.8 Å². The average Bonchev–Trinajstić information content (AvgIpc) is 3.60. The van der Waals surface area contributed by atoms with Crippen molar-refractivity contribution >= 4 is 0 Å². The largest absolute Gasteiger partial charge is 0.504 e. The van der Waals surface area contributed by atoms with Gasteiger partial charge in [-0.3, -0.25) is 0 Å². The van der Waals surface area contributed by atoms with Crippen LogP contribution in [-0.4, -0.2) is 56.9 Å². The molecule has 52 heavy (non-hydrogen) atoms. The van der Waals surface area contributed by atoms with Gasteiger partial charge in [0.05, 0.1) is 24.6 Å². The highest BCUT2D eigenvalue weighted by molar-refractivity contribution is 5.44. The van der Waals surface area contributed by atoms with E-state index in [0.717, 1.165) is 42.5 Å². The number of aromatic nitrogens is 1. The van der Waals surface area contributed by atoms with E-state index < -0.39 is 24.2 Å². The lowest BCUT2D eigenvalue weighted by molar-refractivity contribution is -0.00713. The molecule has 2 heterocycles. The third kappa shape index (κ3) is 9.71. The number of fused-ring (bicyclic) bond motifs is 1. The van der Waals surface area contributed by atoms with E-state index >= 15 is 0 Å². The molecule has 3 aliphatic rings. The second-order valence-corrected chi connectivity index (χ2v) is 15.0. The number of benzene rings is 2. The molecule has 0 saturated carbocycles. The van der Waals surface area contributed by atoms with E-state index in [4.69, 9.17) is 10.5 Å². The van der Waals surface area contributed by atoms with Gasteiger partial charge < -0.3 is 41.2 Å². The first-order chi connectivity index (χ1) is 25.3. The van der Waals surface area contributed by atoms with E-state index in [9.17, 15) is 20.4 Å². The Balaban J connectivity index is 1.20. The Morgan fingerprint density at radius 1 is 0.962 bits per heavy atom. The summed E-state index contributed by atoms with van der Waals surface area (Å²) >= 11 is 0.